The first-order chi connectivity index (χ1) is 8.97. The van der Waals surface area contributed by atoms with Crippen LogP contribution in [0.5, 0.6) is 11.5 Å². The highest BCUT2D eigenvalue weighted by atomic mass is 16.5. The topological polar surface area (TPSA) is 55.8 Å². The number of carboxylic acid groups (broad SMARTS) is 1. The molecule has 0 amide bonds. The predicted octanol–water partition coefficient (Wildman–Crippen LogP) is 3.74. The lowest BCUT2D eigenvalue weighted by Gasteiger charge is -2.19. The highest BCUT2D eigenvalue weighted by Gasteiger charge is 2.14. The minimum atomic E-state index is -0.968. The van der Waals surface area contributed by atoms with Gasteiger partial charge in [0, 0.05) is 0 Å². The number of hydrogen-bond acceptors (Lipinski definition) is 3. The lowest BCUT2D eigenvalue weighted by Crippen LogP contribution is -2.14. The molecule has 1 N–H and O–H groups in total. The first-order valence-electron chi connectivity index (χ1n) is 6.68. The van der Waals surface area contributed by atoms with Gasteiger partial charge < -0.3 is 14.6 Å². The molecule has 1 aromatic carbocycles. The highest BCUT2D eigenvalue weighted by molar-refractivity contribution is 5.88. The van der Waals surface area contributed by atoms with Crippen LogP contribution < -0.4 is 9.47 Å². The van der Waals surface area contributed by atoms with E-state index in [1.807, 2.05) is 27.7 Å². The van der Waals surface area contributed by atoms with Gasteiger partial charge >= 0.3 is 5.97 Å². The summed E-state index contributed by atoms with van der Waals surface area (Å²) in [5.41, 5.74) is 0.204. The van der Waals surface area contributed by atoms with Crippen molar-refractivity contribution in [3.8, 4) is 11.5 Å². The SMILES string of the molecule is CCC(C)Oc1ccc(C(=O)O)cc1OC(C)CC. The number of hydrogen-bond donors (Lipinski definition) is 1. The van der Waals surface area contributed by atoms with Crippen molar-refractivity contribution >= 4 is 5.97 Å². The van der Waals surface area contributed by atoms with Crippen molar-refractivity contribution in [3.63, 3.8) is 0 Å². The maximum atomic E-state index is 11.0. The Morgan fingerprint density at radius 2 is 1.63 bits per heavy atom. The molecule has 2 atom stereocenters. The monoisotopic (exact) mass is 266 g/mol. The van der Waals surface area contributed by atoms with Crippen molar-refractivity contribution in [2.24, 2.45) is 0 Å². The normalized spacial score (nSPS) is 13.7. The molecular formula is C15H22O4. The number of ether oxygens (including phenoxy) is 2. The van der Waals surface area contributed by atoms with Crippen LogP contribution in [-0.2, 0) is 0 Å². The van der Waals surface area contributed by atoms with Gasteiger partial charge in [0.25, 0.3) is 0 Å². The van der Waals surface area contributed by atoms with Gasteiger partial charge in [-0.2, -0.15) is 0 Å². The fraction of sp³-hybridized carbons (Fsp3) is 0.533. The zero-order chi connectivity index (χ0) is 14.4. The van der Waals surface area contributed by atoms with E-state index in [4.69, 9.17) is 14.6 Å². The fourth-order valence-electron chi connectivity index (χ4n) is 1.43. The van der Waals surface area contributed by atoms with Gasteiger partial charge in [0.2, 0.25) is 0 Å². The summed E-state index contributed by atoms with van der Waals surface area (Å²) in [6.45, 7) is 7.96. The minimum Gasteiger partial charge on any atom is -0.487 e. The van der Waals surface area contributed by atoms with Gasteiger partial charge in [-0.1, -0.05) is 13.8 Å². The van der Waals surface area contributed by atoms with Crippen LogP contribution in [-0.4, -0.2) is 23.3 Å². The van der Waals surface area contributed by atoms with Gasteiger partial charge in [-0.3, -0.25) is 0 Å². The van der Waals surface area contributed by atoms with Crippen LogP contribution in [0, 0.1) is 0 Å². The van der Waals surface area contributed by atoms with Gasteiger partial charge in [0.15, 0.2) is 11.5 Å². The molecule has 0 spiro atoms. The number of rotatable bonds is 7. The maximum Gasteiger partial charge on any atom is 0.335 e. The smallest absolute Gasteiger partial charge is 0.335 e. The van der Waals surface area contributed by atoms with Crippen molar-refractivity contribution in [2.75, 3.05) is 0 Å². The zero-order valence-electron chi connectivity index (χ0n) is 12.0. The van der Waals surface area contributed by atoms with E-state index >= 15 is 0 Å². The predicted molar refractivity (Wildman–Crippen MR) is 74.2 cm³/mol. The summed E-state index contributed by atoms with van der Waals surface area (Å²) in [5, 5.41) is 9.02. The third-order valence-electron chi connectivity index (χ3n) is 3.00. The van der Waals surface area contributed by atoms with E-state index in [0.717, 1.165) is 12.8 Å². The standard InChI is InChI=1S/C15H22O4/c1-5-10(3)18-13-8-7-12(15(16)17)9-14(13)19-11(4)6-2/h7-11H,5-6H2,1-4H3,(H,16,17). The highest BCUT2D eigenvalue weighted by Crippen LogP contribution is 2.31. The third kappa shape index (κ3) is 4.47. The molecule has 4 heteroatoms. The average molecular weight is 266 g/mol. The fourth-order valence-corrected chi connectivity index (χ4v) is 1.43. The van der Waals surface area contributed by atoms with Crippen LogP contribution in [0.25, 0.3) is 0 Å². The molecule has 2 unspecified atom stereocenters. The van der Waals surface area contributed by atoms with E-state index in [0.29, 0.717) is 11.5 Å². The molecule has 4 nitrogen and oxygen atoms in total. The molecule has 0 aliphatic heterocycles. The Kier molecular flexibility index (Phi) is 5.67. The Morgan fingerprint density at radius 3 is 2.11 bits per heavy atom. The molecular weight excluding hydrogens is 244 g/mol. The second-order valence-corrected chi connectivity index (χ2v) is 4.64. The Bertz CT molecular complexity index is 428. The lowest BCUT2D eigenvalue weighted by molar-refractivity contribution is 0.0695. The molecule has 0 aromatic heterocycles. The summed E-state index contributed by atoms with van der Waals surface area (Å²) in [6.07, 6.45) is 1.81. The van der Waals surface area contributed by atoms with E-state index in [1.165, 1.54) is 12.1 Å². The van der Waals surface area contributed by atoms with Crippen molar-refractivity contribution in [1.29, 1.82) is 0 Å². The van der Waals surface area contributed by atoms with Crippen LogP contribution in [0.4, 0.5) is 0 Å². The van der Waals surface area contributed by atoms with E-state index < -0.39 is 5.97 Å². The van der Waals surface area contributed by atoms with E-state index in [-0.39, 0.29) is 17.8 Å². The summed E-state index contributed by atoms with van der Waals surface area (Å²) < 4.78 is 11.5. The van der Waals surface area contributed by atoms with Gasteiger partial charge in [-0.15, -0.1) is 0 Å². The molecule has 0 saturated heterocycles. The quantitative estimate of drug-likeness (QED) is 0.816. The molecule has 19 heavy (non-hydrogen) atoms. The molecule has 0 radical (unpaired) electrons. The van der Waals surface area contributed by atoms with Gasteiger partial charge in [0.05, 0.1) is 17.8 Å². The maximum absolute atomic E-state index is 11.0. The van der Waals surface area contributed by atoms with Crippen molar-refractivity contribution in [1.82, 2.24) is 0 Å². The van der Waals surface area contributed by atoms with Crippen LogP contribution in [0.1, 0.15) is 50.9 Å². The lowest BCUT2D eigenvalue weighted by atomic mass is 10.2. The molecule has 0 bridgehead atoms. The summed E-state index contributed by atoms with van der Waals surface area (Å²) in [7, 11) is 0. The summed E-state index contributed by atoms with van der Waals surface area (Å²) >= 11 is 0. The van der Waals surface area contributed by atoms with Crippen LogP contribution in [0.3, 0.4) is 0 Å². The first-order valence-corrected chi connectivity index (χ1v) is 6.68. The van der Waals surface area contributed by atoms with Crippen molar-refractivity contribution < 1.29 is 19.4 Å². The van der Waals surface area contributed by atoms with Crippen LogP contribution >= 0.6 is 0 Å². The van der Waals surface area contributed by atoms with Gasteiger partial charge in [0.1, 0.15) is 0 Å². The zero-order valence-corrected chi connectivity index (χ0v) is 12.0. The number of aromatic carboxylic acids is 1. The Labute approximate surface area is 114 Å². The summed E-state index contributed by atoms with van der Waals surface area (Å²) in [6, 6.07) is 4.71. The molecule has 0 aliphatic rings. The minimum absolute atomic E-state index is 0.0170. The Balaban J connectivity index is 3.03. The Morgan fingerprint density at radius 1 is 1.11 bits per heavy atom. The summed E-state index contributed by atoms with van der Waals surface area (Å²) in [4.78, 5) is 11.0. The van der Waals surface area contributed by atoms with Crippen LogP contribution in [0.2, 0.25) is 0 Å². The molecule has 106 valence electrons. The van der Waals surface area contributed by atoms with Crippen molar-refractivity contribution in [2.45, 2.75) is 52.7 Å². The molecule has 0 aliphatic carbocycles. The van der Waals surface area contributed by atoms with Crippen LogP contribution in [0.15, 0.2) is 18.2 Å². The average Bonchev–Trinajstić information content (AvgIpc) is 2.39. The second kappa shape index (κ2) is 7.02. The molecule has 0 saturated carbocycles. The second-order valence-electron chi connectivity index (χ2n) is 4.64. The molecule has 0 fully saturated rings. The summed E-state index contributed by atoms with van der Waals surface area (Å²) in [5.74, 6) is 0.123. The van der Waals surface area contributed by atoms with E-state index in [1.54, 1.807) is 6.07 Å². The Hall–Kier alpha value is -1.71. The van der Waals surface area contributed by atoms with E-state index in [9.17, 15) is 4.79 Å². The third-order valence-corrected chi connectivity index (χ3v) is 3.00. The first kappa shape index (κ1) is 15.3. The number of carbonyl (C=O) groups is 1. The van der Waals surface area contributed by atoms with Crippen molar-refractivity contribution in [3.05, 3.63) is 23.8 Å². The van der Waals surface area contributed by atoms with E-state index in [2.05, 4.69) is 0 Å². The number of benzene rings is 1. The molecule has 1 aromatic rings. The van der Waals surface area contributed by atoms with Gasteiger partial charge in [-0.25, -0.2) is 4.79 Å². The molecule has 1 rings (SSSR count). The number of carboxylic acids is 1. The van der Waals surface area contributed by atoms with Gasteiger partial charge in [-0.05, 0) is 44.9 Å². The largest absolute Gasteiger partial charge is 0.487 e. The molecule has 0 heterocycles.